The fourth-order valence-corrected chi connectivity index (χ4v) is 3.40. The number of rotatable bonds is 3. The topological polar surface area (TPSA) is 50.7 Å². The lowest BCUT2D eigenvalue weighted by Gasteiger charge is -2.33. The molecule has 3 heterocycles. The van der Waals surface area contributed by atoms with Crippen molar-refractivity contribution in [2.24, 2.45) is 0 Å². The molecule has 2 aliphatic rings. The second kappa shape index (κ2) is 5.32. The van der Waals surface area contributed by atoms with E-state index in [-0.39, 0.29) is 6.10 Å². The summed E-state index contributed by atoms with van der Waals surface area (Å²) in [7, 11) is 3.85. The van der Waals surface area contributed by atoms with E-state index in [9.17, 15) is 0 Å². The zero-order valence-electron chi connectivity index (χ0n) is 11.6. The highest BCUT2D eigenvalue weighted by atomic mass is 32.1. The van der Waals surface area contributed by atoms with Crippen LogP contribution >= 0.6 is 11.5 Å². The number of hydrogen-bond donors (Lipinski definition) is 0. The molecule has 19 heavy (non-hydrogen) atoms. The summed E-state index contributed by atoms with van der Waals surface area (Å²) in [5.41, 5.74) is 0. The van der Waals surface area contributed by atoms with Gasteiger partial charge in [-0.05, 0) is 14.0 Å². The number of morpholine rings is 1. The molecule has 7 heteroatoms. The van der Waals surface area contributed by atoms with Crippen LogP contribution in [0.5, 0.6) is 0 Å². The minimum Gasteiger partial charge on any atom is -0.374 e. The lowest BCUT2D eigenvalue weighted by molar-refractivity contribution is -0.0362. The van der Waals surface area contributed by atoms with E-state index in [2.05, 4.69) is 26.2 Å². The molecule has 0 N–H and O–H groups in total. The van der Waals surface area contributed by atoms with Gasteiger partial charge in [0.05, 0.1) is 18.8 Å². The molecule has 0 aromatic carbocycles. The Morgan fingerprint density at radius 2 is 2.32 bits per heavy atom. The Labute approximate surface area is 117 Å². The van der Waals surface area contributed by atoms with Crippen LogP contribution in [0.4, 0.5) is 5.13 Å². The van der Waals surface area contributed by atoms with Gasteiger partial charge in [0, 0.05) is 38.3 Å². The zero-order chi connectivity index (χ0) is 13.4. The maximum Gasteiger partial charge on any atom is 0.205 e. The molecule has 2 saturated heterocycles. The van der Waals surface area contributed by atoms with Crippen LogP contribution in [0.2, 0.25) is 0 Å². The van der Waals surface area contributed by atoms with Gasteiger partial charge >= 0.3 is 0 Å². The Balaban J connectivity index is 1.72. The van der Waals surface area contributed by atoms with Crippen LogP contribution in [0, 0.1) is 0 Å². The SMILES string of the molecule is COC(C)c1nsc(N2C[C@H]3OCCN(C)[C@H]3C2)n1. The van der Waals surface area contributed by atoms with E-state index in [1.54, 1.807) is 7.11 Å². The van der Waals surface area contributed by atoms with Gasteiger partial charge < -0.3 is 14.4 Å². The number of ether oxygens (including phenoxy) is 2. The molecule has 0 radical (unpaired) electrons. The van der Waals surface area contributed by atoms with E-state index >= 15 is 0 Å². The molecule has 6 nitrogen and oxygen atoms in total. The van der Waals surface area contributed by atoms with Crippen molar-refractivity contribution in [1.29, 1.82) is 0 Å². The highest BCUT2D eigenvalue weighted by Crippen LogP contribution is 2.29. The zero-order valence-corrected chi connectivity index (χ0v) is 12.4. The summed E-state index contributed by atoms with van der Waals surface area (Å²) in [5.74, 6) is 0.770. The summed E-state index contributed by atoms with van der Waals surface area (Å²) < 4.78 is 15.5. The molecule has 0 saturated carbocycles. The van der Waals surface area contributed by atoms with Gasteiger partial charge in [-0.25, -0.2) is 4.98 Å². The average molecular weight is 284 g/mol. The van der Waals surface area contributed by atoms with Crippen LogP contribution in [0.25, 0.3) is 0 Å². The van der Waals surface area contributed by atoms with Gasteiger partial charge in [-0.1, -0.05) is 0 Å². The number of hydrogen-bond acceptors (Lipinski definition) is 7. The summed E-state index contributed by atoms with van der Waals surface area (Å²) in [6.07, 6.45) is 0.250. The summed E-state index contributed by atoms with van der Waals surface area (Å²) >= 11 is 1.45. The quantitative estimate of drug-likeness (QED) is 0.817. The molecular formula is C12H20N4O2S. The van der Waals surface area contributed by atoms with Crippen molar-refractivity contribution >= 4 is 16.7 Å². The van der Waals surface area contributed by atoms with Gasteiger partial charge in [0.2, 0.25) is 5.13 Å². The third-order valence-electron chi connectivity index (χ3n) is 4.00. The van der Waals surface area contributed by atoms with Crippen molar-refractivity contribution in [3.05, 3.63) is 5.82 Å². The molecular weight excluding hydrogens is 264 g/mol. The normalized spacial score (nSPS) is 29.5. The lowest BCUT2D eigenvalue weighted by atomic mass is 10.1. The second-order valence-corrected chi connectivity index (χ2v) is 5.91. The summed E-state index contributed by atoms with van der Waals surface area (Å²) in [6, 6.07) is 0.473. The van der Waals surface area contributed by atoms with Crippen LogP contribution in [-0.4, -0.2) is 66.8 Å². The molecule has 2 fully saturated rings. The van der Waals surface area contributed by atoms with E-state index < -0.39 is 0 Å². The van der Waals surface area contributed by atoms with Crippen LogP contribution in [0.15, 0.2) is 0 Å². The number of aromatic nitrogens is 2. The molecule has 3 atom stereocenters. The molecule has 0 spiro atoms. The average Bonchev–Trinajstić information content (AvgIpc) is 3.04. The highest BCUT2D eigenvalue weighted by molar-refractivity contribution is 7.09. The predicted octanol–water partition coefficient (Wildman–Crippen LogP) is 0.765. The fourth-order valence-electron chi connectivity index (χ4n) is 2.64. The maximum atomic E-state index is 5.85. The third-order valence-corrected chi connectivity index (χ3v) is 4.79. The Hall–Kier alpha value is -0.760. The van der Waals surface area contributed by atoms with E-state index in [1.165, 1.54) is 11.5 Å². The molecule has 0 amide bonds. The lowest BCUT2D eigenvalue weighted by Crippen LogP contribution is -2.48. The van der Waals surface area contributed by atoms with Crippen molar-refractivity contribution in [2.75, 3.05) is 45.3 Å². The molecule has 3 rings (SSSR count). The molecule has 106 valence electrons. The predicted molar refractivity (Wildman–Crippen MR) is 73.7 cm³/mol. The van der Waals surface area contributed by atoms with E-state index in [0.717, 1.165) is 37.2 Å². The second-order valence-electron chi connectivity index (χ2n) is 5.18. The molecule has 0 aliphatic carbocycles. The standard InChI is InChI=1S/C12H20N4O2S/c1-8(17-3)11-13-12(19-14-11)16-6-9-10(7-16)18-5-4-15(9)2/h8-10H,4-7H2,1-3H3/t8?,9-,10+/m0/s1. The Morgan fingerprint density at radius 1 is 1.47 bits per heavy atom. The number of likely N-dealkylation sites (N-methyl/N-ethyl adjacent to an activating group) is 1. The summed E-state index contributed by atoms with van der Waals surface area (Å²) in [6.45, 7) is 5.68. The summed E-state index contributed by atoms with van der Waals surface area (Å²) in [4.78, 5) is 9.24. The minimum atomic E-state index is -0.0474. The van der Waals surface area contributed by atoms with Crippen molar-refractivity contribution in [3.8, 4) is 0 Å². The molecule has 1 aromatic heterocycles. The number of fused-ring (bicyclic) bond motifs is 1. The van der Waals surface area contributed by atoms with Crippen molar-refractivity contribution in [3.63, 3.8) is 0 Å². The van der Waals surface area contributed by atoms with Gasteiger partial charge in [-0.15, -0.1) is 0 Å². The van der Waals surface area contributed by atoms with Gasteiger partial charge in [-0.2, -0.15) is 4.37 Å². The monoisotopic (exact) mass is 284 g/mol. The maximum absolute atomic E-state index is 5.85. The largest absolute Gasteiger partial charge is 0.374 e. The number of anilines is 1. The van der Waals surface area contributed by atoms with Crippen molar-refractivity contribution in [1.82, 2.24) is 14.3 Å². The molecule has 2 aliphatic heterocycles. The first-order chi connectivity index (χ1) is 9.19. The first-order valence-corrected chi connectivity index (χ1v) is 7.39. The van der Waals surface area contributed by atoms with E-state index in [4.69, 9.17) is 9.47 Å². The Morgan fingerprint density at radius 3 is 3.05 bits per heavy atom. The highest BCUT2D eigenvalue weighted by Gasteiger charge is 2.39. The summed E-state index contributed by atoms with van der Waals surface area (Å²) in [5, 5.41) is 0.977. The van der Waals surface area contributed by atoms with E-state index in [0.29, 0.717) is 12.1 Å². The van der Waals surface area contributed by atoms with Crippen molar-refractivity contribution < 1.29 is 9.47 Å². The number of methoxy groups -OCH3 is 1. The van der Waals surface area contributed by atoms with Gasteiger partial charge in [0.1, 0.15) is 6.10 Å². The smallest absolute Gasteiger partial charge is 0.205 e. The van der Waals surface area contributed by atoms with Crippen molar-refractivity contribution in [2.45, 2.75) is 25.2 Å². The molecule has 1 aromatic rings. The van der Waals surface area contributed by atoms with Crippen LogP contribution in [-0.2, 0) is 9.47 Å². The third kappa shape index (κ3) is 2.47. The first kappa shape index (κ1) is 13.2. The number of nitrogens with zero attached hydrogens (tertiary/aromatic N) is 4. The van der Waals surface area contributed by atoms with Crippen LogP contribution < -0.4 is 4.90 Å². The Bertz CT molecular complexity index is 441. The fraction of sp³-hybridized carbons (Fsp3) is 0.833. The molecule has 0 bridgehead atoms. The minimum absolute atomic E-state index is 0.0474. The van der Waals surface area contributed by atoms with Crippen LogP contribution in [0.1, 0.15) is 18.9 Å². The Kier molecular flexibility index (Phi) is 3.70. The van der Waals surface area contributed by atoms with Gasteiger partial charge in [0.25, 0.3) is 0 Å². The van der Waals surface area contributed by atoms with Crippen LogP contribution in [0.3, 0.4) is 0 Å². The van der Waals surface area contributed by atoms with Gasteiger partial charge in [-0.3, -0.25) is 4.90 Å². The first-order valence-electron chi connectivity index (χ1n) is 6.62. The van der Waals surface area contributed by atoms with E-state index in [1.807, 2.05) is 6.92 Å². The molecule has 1 unspecified atom stereocenters. The van der Waals surface area contributed by atoms with Gasteiger partial charge in [0.15, 0.2) is 5.82 Å².